The zero-order valence-electron chi connectivity index (χ0n) is 22.4. The lowest BCUT2D eigenvalue weighted by molar-refractivity contribution is -0.131. The Bertz CT molecular complexity index is 1650. The van der Waals surface area contributed by atoms with E-state index in [0.717, 1.165) is 11.3 Å². The van der Waals surface area contributed by atoms with Crippen LogP contribution >= 0.6 is 0 Å². The average Bonchev–Trinajstić information content (AvgIpc) is 3.43. The van der Waals surface area contributed by atoms with Gasteiger partial charge < -0.3 is 25.4 Å². The first-order valence-electron chi connectivity index (χ1n) is 13.0. The molecule has 41 heavy (non-hydrogen) atoms. The molecule has 0 atom stereocenters. The highest BCUT2D eigenvalue weighted by molar-refractivity contribution is 5.89. The number of aromatic nitrogens is 6. The molecule has 14 heteroatoms. The van der Waals surface area contributed by atoms with Crippen molar-refractivity contribution in [3.8, 4) is 5.75 Å². The molecule has 0 bridgehead atoms. The summed E-state index contributed by atoms with van der Waals surface area (Å²) in [4.78, 5) is 45.9. The standard InChI is InChI=1S/C27H29N9O5/c1-41-20-4-2-18(3-5-20)17-36-22(30-31-32-36)7-6-21-25(34-14-12-33(13-15-34)24(37)8-10-28)29-23-16-19(27(39)40)9-11-35(23)26(21)38/h2-7,9,11,16H,8,10,12-15,17,28H2,1H3,(H,39,40)/b7-6+. The van der Waals surface area contributed by atoms with Crippen LogP contribution in [0.25, 0.3) is 17.8 Å². The molecule has 0 saturated carbocycles. The Balaban J connectivity index is 1.49. The fraction of sp³-hybridized carbons (Fsp3) is 0.296. The number of nitrogens with two attached hydrogens (primary N) is 1. The summed E-state index contributed by atoms with van der Waals surface area (Å²) in [5.74, 6) is 0.405. The van der Waals surface area contributed by atoms with Gasteiger partial charge in [0.1, 0.15) is 17.2 Å². The van der Waals surface area contributed by atoms with Crippen LogP contribution in [0.2, 0.25) is 0 Å². The van der Waals surface area contributed by atoms with Crippen molar-refractivity contribution in [2.24, 2.45) is 5.73 Å². The fourth-order valence-corrected chi connectivity index (χ4v) is 4.61. The number of carbonyl (C=O) groups is 2. The lowest BCUT2D eigenvalue weighted by atomic mass is 10.2. The highest BCUT2D eigenvalue weighted by atomic mass is 16.5. The summed E-state index contributed by atoms with van der Waals surface area (Å²) in [5.41, 5.74) is 6.62. The summed E-state index contributed by atoms with van der Waals surface area (Å²) in [7, 11) is 1.60. The smallest absolute Gasteiger partial charge is 0.335 e. The number of fused-ring (bicyclic) bond motifs is 1. The maximum Gasteiger partial charge on any atom is 0.335 e. The minimum absolute atomic E-state index is 0.0149. The molecule has 0 spiro atoms. The van der Waals surface area contributed by atoms with Crippen molar-refractivity contribution in [3.05, 3.63) is 75.5 Å². The van der Waals surface area contributed by atoms with Gasteiger partial charge in [-0.2, -0.15) is 0 Å². The van der Waals surface area contributed by atoms with Crippen molar-refractivity contribution in [2.45, 2.75) is 13.0 Å². The molecule has 4 aromatic rings. The van der Waals surface area contributed by atoms with Gasteiger partial charge in [0.25, 0.3) is 5.56 Å². The predicted octanol–water partition coefficient (Wildman–Crippen LogP) is 0.604. The van der Waals surface area contributed by atoms with E-state index < -0.39 is 5.97 Å². The third-order valence-corrected chi connectivity index (χ3v) is 6.83. The molecular weight excluding hydrogens is 530 g/mol. The Morgan fingerprint density at radius 3 is 2.54 bits per heavy atom. The Labute approximate surface area is 234 Å². The number of carboxylic acids is 1. The second-order valence-electron chi connectivity index (χ2n) is 9.39. The van der Waals surface area contributed by atoms with E-state index in [1.807, 2.05) is 29.2 Å². The van der Waals surface area contributed by atoms with Crippen LogP contribution in [-0.4, -0.2) is 91.3 Å². The van der Waals surface area contributed by atoms with Gasteiger partial charge in [-0.3, -0.25) is 14.0 Å². The molecule has 1 aliphatic heterocycles. The molecule has 3 aromatic heterocycles. The molecule has 1 saturated heterocycles. The van der Waals surface area contributed by atoms with Crippen molar-refractivity contribution in [3.63, 3.8) is 0 Å². The first-order valence-corrected chi connectivity index (χ1v) is 13.0. The van der Waals surface area contributed by atoms with E-state index in [2.05, 4.69) is 15.5 Å². The maximum atomic E-state index is 13.7. The Kier molecular flexibility index (Phi) is 8.01. The quantitative estimate of drug-likeness (QED) is 0.294. The number of hydrogen-bond donors (Lipinski definition) is 2. The van der Waals surface area contributed by atoms with E-state index in [0.29, 0.717) is 44.4 Å². The second kappa shape index (κ2) is 12.0. The van der Waals surface area contributed by atoms with Crippen molar-refractivity contribution >= 4 is 35.5 Å². The van der Waals surface area contributed by atoms with E-state index in [1.54, 1.807) is 28.8 Å². The van der Waals surface area contributed by atoms with E-state index in [1.165, 1.54) is 22.7 Å². The first-order chi connectivity index (χ1) is 19.9. The van der Waals surface area contributed by atoms with Crippen molar-refractivity contribution < 1.29 is 19.4 Å². The van der Waals surface area contributed by atoms with Gasteiger partial charge in [0.2, 0.25) is 5.91 Å². The number of carboxylic acid groups (broad SMARTS) is 1. The lowest BCUT2D eigenvalue weighted by Crippen LogP contribution is -2.49. The van der Waals surface area contributed by atoms with Gasteiger partial charge in [0.15, 0.2) is 5.82 Å². The molecule has 1 fully saturated rings. The zero-order valence-corrected chi connectivity index (χ0v) is 22.4. The largest absolute Gasteiger partial charge is 0.497 e. The number of aromatic carboxylic acids is 1. The monoisotopic (exact) mass is 559 g/mol. The molecule has 212 valence electrons. The number of benzene rings is 1. The van der Waals surface area contributed by atoms with Gasteiger partial charge in [0.05, 0.1) is 24.8 Å². The number of nitrogens with zero attached hydrogens (tertiary/aromatic N) is 8. The van der Waals surface area contributed by atoms with Crippen molar-refractivity contribution in [2.75, 3.05) is 44.7 Å². The first kappa shape index (κ1) is 27.5. The molecule has 4 heterocycles. The Hall–Kier alpha value is -5.11. The summed E-state index contributed by atoms with van der Waals surface area (Å²) in [5, 5.41) is 21.4. The van der Waals surface area contributed by atoms with Crippen LogP contribution < -0.4 is 20.9 Å². The maximum absolute atomic E-state index is 13.7. The number of carbonyl (C=O) groups excluding carboxylic acids is 1. The number of amides is 1. The van der Waals surface area contributed by atoms with Gasteiger partial charge >= 0.3 is 5.97 Å². The van der Waals surface area contributed by atoms with E-state index in [4.69, 9.17) is 15.5 Å². The second-order valence-corrected chi connectivity index (χ2v) is 9.39. The van der Waals surface area contributed by atoms with Gasteiger partial charge in [-0.1, -0.05) is 12.1 Å². The number of hydrogen-bond acceptors (Lipinski definition) is 10. The van der Waals surface area contributed by atoms with Crippen LogP contribution in [0.4, 0.5) is 5.82 Å². The highest BCUT2D eigenvalue weighted by Gasteiger charge is 2.25. The summed E-state index contributed by atoms with van der Waals surface area (Å²) < 4.78 is 8.12. The Morgan fingerprint density at radius 2 is 1.85 bits per heavy atom. The van der Waals surface area contributed by atoms with Crippen LogP contribution in [0.15, 0.2) is 47.4 Å². The topological polar surface area (TPSA) is 174 Å². The Morgan fingerprint density at radius 1 is 1.10 bits per heavy atom. The van der Waals surface area contributed by atoms with Gasteiger partial charge in [-0.15, -0.1) is 5.10 Å². The van der Waals surface area contributed by atoms with E-state index in [9.17, 15) is 19.5 Å². The molecule has 1 aliphatic rings. The molecule has 1 amide bonds. The fourth-order valence-electron chi connectivity index (χ4n) is 4.61. The molecule has 14 nitrogen and oxygen atoms in total. The number of piperazine rings is 1. The highest BCUT2D eigenvalue weighted by Crippen LogP contribution is 2.21. The van der Waals surface area contributed by atoms with Gasteiger partial charge in [-0.05, 0) is 52.4 Å². The molecule has 5 rings (SSSR count). The molecule has 0 aliphatic carbocycles. The van der Waals surface area contributed by atoms with Crippen molar-refractivity contribution in [1.29, 1.82) is 0 Å². The average molecular weight is 560 g/mol. The van der Waals surface area contributed by atoms with E-state index in [-0.39, 0.29) is 41.2 Å². The summed E-state index contributed by atoms with van der Waals surface area (Å²) in [6.45, 7) is 2.44. The third kappa shape index (κ3) is 5.91. The number of methoxy groups -OCH3 is 1. The van der Waals surface area contributed by atoms with Gasteiger partial charge in [-0.25, -0.2) is 14.5 Å². The molecule has 0 unspecified atom stereocenters. The van der Waals surface area contributed by atoms with Crippen LogP contribution in [0, 0.1) is 0 Å². The molecule has 3 N–H and O–H groups in total. The predicted molar refractivity (Wildman–Crippen MR) is 150 cm³/mol. The van der Waals surface area contributed by atoms with Crippen LogP contribution in [-0.2, 0) is 11.3 Å². The van der Waals surface area contributed by atoms with Crippen LogP contribution in [0.5, 0.6) is 5.75 Å². The van der Waals surface area contributed by atoms with Gasteiger partial charge in [0, 0.05) is 45.3 Å². The summed E-state index contributed by atoms with van der Waals surface area (Å²) >= 11 is 0. The molecular formula is C27H29N9O5. The SMILES string of the molecule is COc1ccc(Cn2nnnc2/C=C/c2c(N3CCN(C(=O)CCN)CC3)nc3cc(C(=O)O)ccn3c2=O)cc1. The number of pyridine rings is 1. The number of rotatable bonds is 9. The number of tetrazole rings is 1. The summed E-state index contributed by atoms with van der Waals surface area (Å²) in [6, 6.07) is 10.2. The third-order valence-electron chi connectivity index (χ3n) is 6.83. The lowest BCUT2D eigenvalue weighted by Gasteiger charge is -2.36. The zero-order chi connectivity index (χ0) is 28.9. The molecule has 1 aromatic carbocycles. The van der Waals surface area contributed by atoms with Crippen LogP contribution in [0.1, 0.15) is 33.7 Å². The van der Waals surface area contributed by atoms with Crippen LogP contribution in [0.3, 0.4) is 0 Å². The minimum Gasteiger partial charge on any atom is -0.497 e. The number of ether oxygens (including phenoxy) is 1. The summed E-state index contributed by atoms with van der Waals surface area (Å²) in [6.07, 6.45) is 4.92. The normalized spacial score (nSPS) is 13.7. The molecule has 0 radical (unpaired) electrons. The van der Waals surface area contributed by atoms with Crippen molar-refractivity contribution in [1.82, 2.24) is 34.5 Å². The van der Waals surface area contributed by atoms with E-state index >= 15 is 0 Å². The minimum atomic E-state index is -1.12. The number of anilines is 1.